The zero-order chi connectivity index (χ0) is 13.7. The highest BCUT2D eigenvalue weighted by Crippen LogP contribution is 2.16. The first kappa shape index (κ1) is 14.7. The molecule has 0 saturated heterocycles. The summed E-state index contributed by atoms with van der Waals surface area (Å²) in [7, 11) is 0. The molecule has 1 atom stereocenters. The molecule has 1 N–H and O–H groups in total. The fourth-order valence-corrected chi connectivity index (χ4v) is 1.51. The SMILES string of the molecule is CCOC(=O)C(C)NC(=O)c1nc(Cl)ccc1Cl. The Morgan fingerprint density at radius 1 is 1.44 bits per heavy atom. The Morgan fingerprint density at radius 2 is 2.11 bits per heavy atom. The Balaban J connectivity index is 2.76. The average Bonchev–Trinajstić information content (AvgIpc) is 2.32. The van der Waals surface area contributed by atoms with Crippen molar-refractivity contribution >= 4 is 35.1 Å². The quantitative estimate of drug-likeness (QED) is 0.681. The molecule has 7 heteroatoms. The summed E-state index contributed by atoms with van der Waals surface area (Å²) in [6.45, 7) is 3.44. The molecule has 0 aliphatic carbocycles. The minimum absolute atomic E-state index is 0.0275. The number of amides is 1. The predicted octanol–water partition coefficient (Wildman–Crippen LogP) is 2.07. The Kier molecular flexibility index (Phi) is 5.37. The average molecular weight is 291 g/mol. The Labute approximate surface area is 114 Å². The second-order valence-corrected chi connectivity index (χ2v) is 4.21. The lowest BCUT2D eigenvalue weighted by Gasteiger charge is -2.12. The van der Waals surface area contributed by atoms with E-state index in [0.29, 0.717) is 0 Å². The zero-order valence-electron chi connectivity index (χ0n) is 9.87. The smallest absolute Gasteiger partial charge is 0.328 e. The van der Waals surface area contributed by atoms with Crippen molar-refractivity contribution in [1.82, 2.24) is 10.3 Å². The standard InChI is InChI=1S/C11H12Cl2N2O3/c1-3-18-11(17)6(2)14-10(16)9-7(12)4-5-8(13)15-9/h4-6H,3H2,1-2H3,(H,14,16). The topological polar surface area (TPSA) is 68.3 Å². The van der Waals surface area contributed by atoms with E-state index in [9.17, 15) is 9.59 Å². The van der Waals surface area contributed by atoms with Crippen molar-refractivity contribution in [3.63, 3.8) is 0 Å². The first-order valence-corrected chi connectivity index (χ1v) is 6.00. The van der Waals surface area contributed by atoms with Crippen LogP contribution >= 0.6 is 23.2 Å². The van der Waals surface area contributed by atoms with Crippen LogP contribution in [0, 0.1) is 0 Å². The van der Waals surface area contributed by atoms with E-state index in [1.807, 2.05) is 0 Å². The Bertz CT molecular complexity index is 466. The van der Waals surface area contributed by atoms with Crippen LogP contribution in [0.4, 0.5) is 0 Å². The largest absolute Gasteiger partial charge is 0.464 e. The zero-order valence-corrected chi connectivity index (χ0v) is 11.4. The van der Waals surface area contributed by atoms with Crippen LogP contribution in [0.1, 0.15) is 24.3 Å². The molecule has 1 aromatic heterocycles. The third kappa shape index (κ3) is 3.85. The van der Waals surface area contributed by atoms with Crippen molar-refractivity contribution in [3.05, 3.63) is 28.0 Å². The number of hydrogen-bond acceptors (Lipinski definition) is 4. The maximum atomic E-state index is 11.8. The number of aromatic nitrogens is 1. The molecule has 1 aromatic rings. The van der Waals surface area contributed by atoms with Crippen LogP contribution < -0.4 is 5.32 Å². The first-order chi connectivity index (χ1) is 8.45. The van der Waals surface area contributed by atoms with E-state index < -0.39 is 17.9 Å². The molecule has 18 heavy (non-hydrogen) atoms. The molecule has 0 spiro atoms. The number of nitrogens with zero attached hydrogens (tertiary/aromatic N) is 1. The van der Waals surface area contributed by atoms with Crippen LogP contribution in [-0.4, -0.2) is 29.5 Å². The van der Waals surface area contributed by atoms with Gasteiger partial charge in [-0.2, -0.15) is 0 Å². The van der Waals surface area contributed by atoms with Gasteiger partial charge in [0.15, 0.2) is 0 Å². The number of hydrogen-bond donors (Lipinski definition) is 1. The van der Waals surface area contributed by atoms with Gasteiger partial charge in [-0.15, -0.1) is 0 Å². The van der Waals surface area contributed by atoms with Crippen molar-refractivity contribution in [2.24, 2.45) is 0 Å². The monoisotopic (exact) mass is 290 g/mol. The number of carbonyl (C=O) groups excluding carboxylic acids is 2. The number of nitrogens with one attached hydrogen (secondary N) is 1. The van der Waals surface area contributed by atoms with E-state index >= 15 is 0 Å². The van der Waals surface area contributed by atoms with Gasteiger partial charge in [-0.1, -0.05) is 23.2 Å². The molecule has 5 nitrogen and oxygen atoms in total. The number of pyridine rings is 1. The summed E-state index contributed by atoms with van der Waals surface area (Å²) < 4.78 is 4.76. The number of esters is 1. The third-order valence-corrected chi connectivity index (χ3v) is 2.53. The lowest BCUT2D eigenvalue weighted by Crippen LogP contribution is -2.40. The van der Waals surface area contributed by atoms with E-state index in [2.05, 4.69) is 10.3 Å². The van der Waals surface area contributed by atoms with Crippen LogP contribution in [0.25, 0.3) is 0 Å². The lowest BCUT2D eigenvalue weighted by atomic mass is 10.3. The number of halogens is 2. The minimum Gasteiger partial charge on any atom is -0.464 e. The van der Waals surface area contributed by atoms with Gasteiger partial charge in [0.05, 0.1) is 11.6 Å². The summed E-state index contributed by atoms with van der Waals surface area (Å²) in [5.74, 6) is -1.10. The van der Waals surface area contributed by atoms with Crippen molar-refractivity contribution in [2.45, 2.75) is 19.9 Å². The molecule has 0 aliphatic rings. The molecule has 1 heterocycles. The van der Waals surface area contributed by atoms with E-state index in [1.165, 1.54) is 19.1 Å². The summed E-state index contributed by atoms with van der Waals surface area (Å²) in [5.41, 5.74) is -0.0275. The summed E-state index contributed by atoms with van der Waals surface area (Å²) in [5, 5.41) is 2.74. The summed E-state index contributed by atoms with van der Waals surface area (Å²) >= 11 is 11.5. The molecule has 1 amide bonds. The first-order valence-electron chi connectivity index (χ1n) is 5.25. The van der Waals surface area contributed by atoms with Gasteiger partial charge < -0.3 is 10.1 Å². The molecule has 0 saturated carbocycles. The van der Waals surface area contributed by atoms with Crippen LogP contribution in [0.15, 0.2) is 12.1 Å². The fourth-order valence-electron chi connectivity index (χ4n) is 1.17. The molecular weight excluding hydrogens is 279 g/mol. The predicted molar refractivity (Wildman–Crippen MR) is 67.8 cm³/mol. The van der Waals surface area contributed by atoms with Gasteiger partial charge in [-0.05, 0) is 26.0 Å². The van der Waals surface area contributed by atoms with E-state index in [-0.39, 0.29) is 22.5 Å². The van der Waals surface area contributed by atoms with Gasteiger partial charge in [0.1, 0.15) is 16.9 Å². The van der Waals surface area contributed by atoms with Gasteiger partial charge in [-0.3, -0.25) is 4.79 Å². The van der Waals surface area contributed by atoms with Crippen LogP contribution in [0.2, 0.25) is 10.2 Å². The normalized spacial score (nSPS) is 11.8. The molecule has 98 valence electrons. The lowest BCUT2D eigenvalue weighted by molar-refractivity contribution is -0.144. The van der Waals surface area contributed by atoms with Crippen LogP contribution in [0.5, 0.6) is 0 Å². The molecule has 0 aliphatic heterocycles. The van der Waals surface area contributed by atoms with E-state index in [1.54, 1.807) is 6.92 Å². The number of rotatable bonds is 4. The maximum Gasteiger partial charge on any atom is 0.328 e. The van der Waals surface area contributed by atoms with Gasteiger partial charge in [0.2, 0.25) is 0 Å². The number of carbonyl (C=O) groups is 2. The van der Waals surface area contributed by atoms with E-state index in [4.69, 9.17) is 27.9 Å². The highest BCUT2D eigenvalue weighted by Gasteiger charge is 2.20. The van der Waals surface area contributed by atoms with Gasteiger partial charge >= 0.3 is 5.97 Å². The van der Waals surface area contributed by atoms with Gasteiger partial charge in [0.25, 0.3) is 5.91 Å². The van der Waals surface area contributed by atoms with Crippen molar-refractivity contribution in [2.75, 3.05) is 6.61 Å². The molecule has 1 rings (SSSR count). The molecule has 0 bridgehead atoms. The Morgan fingerprint density at radius 3 is 2.72 bits per heavy atom. The Hall–Kier alpha value is -1.33. The second-order valence-electron chi connectivity index (χ2n) is 3.41. The summed E-state index contributed by atoms with van der Waals surface area (Å²) in [4.78, 5) is 27.0. The van der Waals surface area contributed by atoms with Crippen LogP contribution in [0.3, 0.4) is 0 Å². The molecule has 0 radical (unpaired) electrons. The third-order valence-electron chi connectivity index (χ3n) is 2.01. The minimum atomic E-state index is -0.783. The molecule has 0 aromatic carbocycles. The van der Waals surface area contributed by atoms with Crippen molar-refractivity contribution in [3.8, 4) is 0 Å². The van der Waals surface area contributed by atoms with Crippen molar-refractivity contribution in [1.29, 1.82) is 0 Å². The maximum absolute atomic E-state index is 11.8. The summed E-state index contributed by atoms with van der Waals surface area (Å²) in [6.07, 6.45) is 0. The number of ether oxygens (including phenoxy) is 1. The highest BCUT2D eigenvalue weighted by molar-refractivity contribution is 6.34. The molecular formula is C11H12Cl2N2O3. The fraction of sp³-hybridized carbons (Fsp3) is 0.364. The second kappa shape index (κ2) is 6.56. The van der Waals surface area contributed by atoms with Crippen molar-refractivity contribution < 1.29 is 14.3 Å². The van der Waals surface area contributed by atoms with E-state index in [0.717, 1.165) is 0 Å². The molecule has 1 unspecified atom stereocenters. The highest BCUT2D eigenvalue weighted by atomic mass is 35.5. The summed E-state index contributed by atoms with van der Waals surface area (Å²) in [6, 6.07) is 2.14. The molecule has 0 fully saturated rings. The van der Waals surface area contributed by atoms with Gasteiger partial charge in [0, 0.05) is 0 Å². The van der Waals surface area contributed by atoms with Crippen LogP contribution in [-0.2, 0) is 9.53 Å². The van der Waals surface area contributed by atoms with Gasteiger partial charge in [-0.25, -0.2) is 9.78 Å².